The van der Waals surface area contributed by atoms with E-state index in [1.807, 2.05) is 19.2 Å². The highest BCUT2D eigenvalue weighted by Crippen LogP contribution is 2.28. The zero-order chi connectivity index (χ0) is 14.8. The number of nitrogens with one attached hydrogen (secondary N) is 1. The number of likely N-dealkylation sites (N-methyl/N-ethyl adjacent to an activating group) is 1. The Kier molecular flexibility index (Phi) is 4.00. The average Bonchev–Trinajstić information content (AvgIpc) is 2.92. The van der Waals surface area contributed by atoms with Gasteiger partial charge in [0.1, 0.15) is 11.3 Å². The summed E-state index contributed by atoms with van der Waals surface area (Å²) < 4.78 is 6.06. The van der Waals surface area contributed by atoms with E-state index in [-0.39, 0.29) is 6.04 Å². The van der Waals surface area contributed by atoms with Crippen LogP contribution >= 0.6 is 11.6 Å². The Hall–Kier alpha value is -1.77. The average molecular weight is 300 g/mol. The molecule has 2 nitrogen and oxygen atoms in total. The fourth-order valence-electron chi connectivity index (χ4n) is 2.60. The molecule has 0 bridgehead atoms. The lowest BCUT2D eigenvalue weighted by Gasteiger charge is -2.13. The van der Waals surface area contributed by atoms with Gasteiger partial charge in [0.05, 0.1) is 6.04 Å². The molecular formula is C18H18ClNO. The van der Waals surface area contributed by atoms with E-state index in [2.05, 4.69) is 48.6 Å². The minimum Gasteiger partial charge on any atom is -0.459 e. The van der Waals surface area contributed by atoms with Gasteiger partial charge >= 0.3 is 0 Å². The summed E-state index contributed by atoms with van der Waals surface area (Å²) in [5.74, 6) is 0.969. The third-order valence-electron chi connectivity index (χ3n) is 3.81. The Morgan fingerprint density at radius 1 is 1.14 bits per heavy atom. The molecule has 0 radical (unpaired) electrons. The molecule has 1 N–H and O–H groups in total. The first kappa shape index (κ1) is 14.2. The zero-order valence-corrected chi connectivity index (χ0v) is 12.9. The summed E-state index contributed by atoms with van der Waals surface area (Å²) >= 11 is 5.94. The zero-order valence-electron chi connectivity index (χ0n) is 12.2. The largest absolute Gasteiger partial charge is 0.459 e. The van der Waals surface area contributed by atoms with Gasteiger partial charge in [-0.25, -0.2) is 0 Å². The molecule has 0 saturated heterocycles. The van der Waals surface area contributed by atoms with Crippen molar-refractivity contribution < 1.29 is 4.42 Å². The van der Waals surface area contributed by atoms with E-state index in [0.717, 1.165) is 28.2 Å². The molecular weight excluding hydrogens is 282 g/mol. The van der Waals surface area contributed by atoms with Gasteiger partial charge in [0, 0.05) is 10.4 Å². The molecule has 21 heavy (non-hydrogen) atoms. The highest BCUT2D eigenvalue weighted by molar-refractivity contribution is 6.30. The second-order valence-electron chi connectivity index (χ2n) is 5.31. The van der Waals surface area contributed by atoms with E-state index in [1.54, 1.807) is 0 Å². The second-order valence-corrected chi connectivity index (χ2v) is 5.75. The third-order valence-corrected chi connectivity index (χ3v) is 4.06. The van der Waals surface area contributed by atoms with Crippen LogP contribution in [0.5, 0.6) is 0 Å². The number of benzene rings is 2. The SMILES string of the molecule is CNC(Cc1ccc(Cl)cc1)c1cc2cccc(C)c2o1. The number of hydrogen-bond donors (Lipinski definition) is 1. The number of para-hydroxylation sites is 1. The molecule has 0 aliphatic rings. The van der Waals surface area contributed by atoms with E-state index in [4.69, 9.17) is 16.0 Å². The van der Waals surface area contributed by atoms with Crippen molar-refractivity contribution in [3.8, 4) is 0 Å². The van der Waals surface area contributed by atoms with Gasteiger partial charge in [-0.05, 0) is 49.7 Å². The highest BCUT2D eigenvalue weighted by atomic mass is 35.5. The summed E-state index contributed by atoms with van der Waals surface area (Å²) in [5.41, 5.74) is 3.37. The highest BCUT2D eigenvalue weighted by Gasteiger charge is 2.16. The summed E-state index contributed by atoms with van der Waals surface area (Å²) in [4.78, 5) is 0. The van der Waals surface area contributed by atoms with E-state index >= 15 is 0 Å². The Morgan fingerprint density at radius 3 is 2.57 bits per heavy atom. The lowest BCUT2D eigenvalue weighted by molar-refractivity contribution is 0.450. The molecule has 1 aromatic heterocycles. The van der Waals surface area contributed by atoms with Gasteiger partial charge < -0.3 is 9.73 Å². The van der Waals surface area contributed by atoms with Gasteiger partial charge in [0.25, 0.3) is 0 Å². The molecule has 0 spiro atoms. The van der Waals surface area contributed by atoms with Crippen LogP contribution in [0.25, 0.3) is 11.0 Å². The van der Waals surface area contributed by atoms with Gasteiger partial charge in [-0.1, -0.05) is 41.9 Å². The lowest BCUT2D eigenvalue weighted by atomic mass is 10.0. The van der Waals surface area contributed by atoms with Crippen LogP contribution in [0.2, 0.25) is 5.02 Å². The summed E-state index contributed by atoms with van der Waals surface area (Å²) in [5, 5.41) is 5.25. The minimum absolute atomic E-state index is 0.151. The van der Waals surface area contributed by atoms with E-state index in [0.29, 0.717) is 0 Å². The predicted octanol–water partition coefficient (Wildman–Crippen LogP) is 4.90. The van der Waals surface area contributed by atoms with E-state index in [9.17, 15) is 0 Å². The van der Waals surface area contributed by atoms with Crippen LogP contribution < -0.4 is 5.32 Å². The molecule has 2 aromatic carbocycles. The number of fused-ring (bicyclic) bond motifs is 1. The molecule has 0 fully saturated rings. The van der Waals surface area contributed by atoms with Crippen molar-refractivity contribution in [1.29, 1.82) is 0 Å². The molecule has 3 rings (SSSR count). The molecule has 3 heteroatoms. The van der Waals surface area contributed by atoms with Crippen LogP contribution in [-0.2, 0) is 6.42 Å². The number of aryl methyl sites for hydroxylation is 1. The molecule has 1 unspecified atom stereocenters. The van der Waals surface area contributed by atoms with Crippen molar-refractivity contribution in [2.24, 2.45) is 0 Å². The number of halogens is 1. The van der Waals surface area contributed by atoms with E-state index < -0.39 is 0 Å². The van der Waals surface area contributed by atoms with E-state index in [1.165, 1.54) is 11.1 Å². The Labute approximate surface area is 129 Å². The van der Waals surface area contributed by atoms with Gasteiger partial charge in [-0.15, -0.1) is 0 Å². The molecule has 0 amide bonds. The van der Waals surface area contributed by atoms with Crippen molar-refractivity contribution in [2.75, 3.05) is 7.05 Å². The van der Waals surface area contributed by atoms with Crippen LogP contribution in [-0.4, -0.2) is 7.05 Å². The number of hydrogen-bond acceptors (Lipinski definition) is 2. The number of rotatable bonds is 4. The van der Waals surface area contributed by atoms with Crippen molar-refractivity contribution in [3.05, 3.63) is 70.4 Å². The molecule has 1 atom stereocenters. The Morgan fingerprint density at radius 2 is 1.90 bits per heavy atom. The Bertz CT molecular complexity index is 746. The molecule has 0 aliphatic carbocycles. The smallest absolute Gasteiger partial charge is 0.137 e. The summed E-state index contributed by atoms with van der Waals surface area (Å²) in [7, 11) is 1.96. The van der Waals surface area contributed by atoms with Crippen molar-refractivity contribution in [3.63, 3.8) is 0 Å². The molecule has 1 heterocycles. The first-order valence-corrected chi connectivity index (χ1v) is 7.46. The van der Waals surface area contributed by atoms with Crippen molar-refractivity contribution in [1.82, 2.24) is 5.32 Å². The third kappa shape index (κ3) is 2.97. The van der Waals surface area contributed by atoms with Crippen LogP contribution in [0.4, 0.5) is 0 Å². The van der Waals surface area contributed by atoms with Crippen molar-refractivity contribution >= 4 is 22.6 Å². The first-order valence-electron chi connectivity index (χ1n) is 7.08. The second kappa shape index (κ2) is 5.92. The van der Waals surface area contributed by atoms with Gasteiger partial charge in [-0.2, -0.15) is 0 Å². The molecule has 3 aromatic rings. The predicted molar refractivity (Wildman–Crippen MR) is 87.9 cm³/mol. The fraction of sp³-hybridized carbons (Fsp3) is 0.222. The Balaban J connectivity index is 1.90. The standard InChI is InChI=1S/C18H18ClNO/c1-12-4-3-5-14-11-17(21-18(12)14)16(20-2)10-13-6-8-15(19)9-7-13/h3-9,11,16,20H,10H2,1-2H3. The lowest BCUT2D eigenvalue weighted by Crippen LogP contribution is -2.18. The molecule has 108 valence electrons. The van der Waals surface area contributed by atoms with Gasteiger partial charge in [-0.3, -0.25) is 0 Å². The van der Waals surface area contributed by atoms with Gasteiger partial charge in [0.15, 0.2) is 0 Å². The van der Waals surface area contributed by atoms with Crippen LogP contribution in [0, 0.1) is 6.92 Å². The minimum atomic E-state index is 0.151. The summed E-state index contributed by atoms with van der Waals surface area (Å²) in [6.45, 7) is 2.07. The summed E-state index contributed by atoms with van der Waals surface area (Å²) in [6.07, 6.45) is 0.868. The topological polar surface area (TPSA) is 25.2 Å². The summed E-state index contributed by atoms with van der Waals surface area (Å²) in [6, 6.07) is 16.5. The van der Waals surface area contributed by atoms with Crippen molar-refractivity contribution in [2.45, 2.75) is 19.4 Å². The molecule has 0 saturated carbocycles. The maximum absolute atomic E-state index is 6.06. The van der Waals surface area contributed by atoms with Crippen LogP contribution in [0.3, 0.4) is 0 Å². The van der Waals surface area contributed by atoms with Crippen LogP contribution in [0.15, 0.2) is 52.9 Å². The first-order chi connectivity index (χ1) is 10.2. The molecule has 0 aliphatic heterocycles. The fourth-order valence-corrected chi connectivity index (χ4v) is 2.73. The maximum atomic E-state index is 6.06. The number of furan rings is 1. The normalized spacial score (nSPS) is 12.7. The van der Waals surface area contributed by atoms with Crippen LogP contribution in [0.1, 0.15) is 22.9 Å². The van der Waals surface area contributed by atoms with Gasteiger partial charge in [0.2, 0.25) is 0 Å². The quantitative estimate of drug-likeness (QED) is 0.741. The maximum Gasteiger partial charge on any atom is 0.137 e. The monoisotopic (exact) mass is 299 g/mol.